The Bertz CT molecular complexity index is 683. The summed E-state index contributed by atoms with van der Waals surface area (Å²) in [5.41, 5.74) is 1.42. The van der Waals surface area contributed by atoms with Gasteiger partial charge >= 0.3 is 0 Å². The average Bonchev–Trinajstić information content (AvgIpc) is 2.58. The van der Waals surface area contributed by atoms with Gasteiger partial charge in [0, 0.05) is 24.9 Å². The molecule has 2 rings (SSSR count). The van der Waals surface area contributed by atoms with Crippen LogP contribution in [-0.2, 0) is 11.3 Å². The molecule has 1 N–H and O–H groups in total. The van der Waals surface area contributed by atoms with Crippen LogP contribution in [0.3, 0.4) is 0 Å². The Morgan fingerprint density at radius 2 is 1.74 bits per heavy atom. The molecule has 0 unspecified atom stereocenters. The third-order valence-electron chi connectivity index (χ3n) is 3.40. The summed E-state index contributed by atoms with van der Waals surface area (Å²) in [6.07, 6.45) is 0.276. The van der Waals surface area contributed by atoms with E-state index >= 15 is 0 Å². The highest BCUT2D eigenvalue weighted by molar-refractivity contribution is 6.34. The predicted molar refractivity (Wildman–Crippen MR) is 89.9 cm³/mol. The Kier molecular flexibility index (Phi) is 6.18. The summed E-state index contributed by atoms with van der Waals surface area (Å²) in [7, 11) is 1.60. The van der Waals surface area contributed by atoms with Gasteiger partial charge in [-0.3, -0.25) is 9.59 Å². The summed E-state index contributed by atoms with van der Waals surface area (Å²) in [6.45, 7) is 0.420. The maximum absolute atomic E-state index is 12.0. The third-order valence-corrected chi connectivity index (χ3v) is 3.73. The van der Waals surface area contributed by atoms with Gasteiger partial charge in [0.25, 0.3) is 0 Å². The molecular formula is C18H18ClNO3. The lowest BCUT2D eigenvalue weighted by molar-refractivity contribution is -0.121. The zero-order valence-corrected chi connectivity index (χ0v) is 13.6. The lowest BCUT2D eigenvalue weighted by Crippen LogP contribution is -2.23. The monoisotopic (exact) mass is 331 g/mol. The molecule has 0 aliphatic rings. The minimum absolute atomic E-state index is 0.129. The summed E-state index contributed by atoms with van der Waals surface area (Å²) in [4.78, 5) is 23.9. The standard InChI is InChI=1S/C18H18ClNO3/c1-23-14-8-6-13(7-9-14)12-20-18(22)11-10-17(21)15-4-2-3-5-16(15)19/h2-9H,10-12H2,1H3,(H,20,22). The molecule has 23 heavy (non-hydrogen) atoms. The van der Waals surface area contributed by atoms with Crippen LogP contribution in [0, 0.1) is 0 Å². The van der Waals surface area contributed by atoms with Crippen LogP contribution in [0.4, 0.5) is 0 Å². The number of ketones is 1. The number of hydrogen-bond donors (Lipinski definition) is 1. The van der Waals surface area contributed by atoms with E-state index < -0.39 is 0 Å². The average molecular weight is 332 g/mol. The Balaban J connectivity index is 1.78. The number of benzene rings is 2. The molecule has 1 amide bonds. The molecule has 2 aromatic rings. The summed E-state index contributed by atoms with van der Waals surface area (Å²) in [5, 5.41) is 3.21. The molecule has 4 nitrogen and oxygen atoms in total. The molecule has 0 saturated carbocycles. The molecule has 0 bridgehead atoms. The van der Waals surface area contributed by atoms with Gasteiger partial charge in [-0.05, 0) is 29.8 Å². The van der Waals surface area contributed by atoms with E-state index in [0.29, 0.717) is 17.1 Å². The number of carbonyl (C=O) groups is 2. The van der Waals surface area contributed by atoms with E-state index in [1.807, 2.05) is 24.3 Å². The first kappa shape index (κ1) is 17.0. The predicted octanol–water partition coefficient (Wildman–Crippen LogP) is 3.63. The van der Waals surface area contributed by atoms with Gasteiger partial charge in [-0.2, -0.15) is 0 Å². The van der Waals surface area contributed by atoms with Crippen molar-refractivity contribution >= 4 is 23.3 Å². The molecule has 0 spiro atoms. The molecule has 5 heteroatoms. The Morgan fingerprint density at radius 1 is 1.04 bits per heavy atom. The third kappa shape index (κ3) is 5.11. The van der Waals surface area contributed by atoms with E-state index in [0.717, 1.165) is 11.3 Å². The van der Waals surface area contributed by atoms with E-state index in [2.05, 4.69) is 5.32 Å². The Morgan fingerprint density at radius 3 is 2.39 bits per heavy atom. The molecule has 2 aromatic carbocycles. The minimum Gasteiger partial charge on any atom is -0.497 e. The lowest BCUT2D eigenvalue weighted by atomic mass is 10.1. The number of methoxy groups -OCH3 is 1. The number of carbonyl (C=O) groups excluding carboxylic acids is 2. The number of Topliss-reactive ketones (excluding diaryl/α,β-unsaturated/α-hetero) is 1. The SMILES string of the molecule is COc1ccc(CNC(=O)CCC(=O)c2ccccc2Cl)cc1. The first-order valence-corrected chi connectivity index (χ1v) is 7.65. The summed E-state index contributed by atoms with van der Waals surface area (Å²) < 4.78 is 5.08. The fourth-order valence-electron chi connectivity index (χ4n) is 2.08. The Labute approximate surface area is 140 Å². The molecule has 0 radical (unpaired) electrons. The second kappa shape index (κ2) is 8.34. The van der Waals surface area contributed by atoms with Crippen LogP contribution in [0.25, 0.3) is 0 Å². The normalized spacial score (nSPS) is 10.2. The number of amides is 1. The Hall–Kier alpha value is -2.33. The van der Waals surface area contributed by atoms with Crippen LogP contribution in [-0.4, -0.2) is 18.8 Å². The fraction of sp³-hybridized carbons (Fsp3) is 0.222. The first-order valence-electron chi connectivity index (χ1n) is 7.27. The van der Waals surface area contributed by atoms with Crippen LogP contribution in [0.1, 0.15) is 28.8 Å². The van der Waals surface area contributed by atoms with E-state index in [4.69, 9.17) is 16.3 Å². The molecule has 0 aromatic heterocycles. The molecule has 0 aliphatic heterocycles. The smallest absolute Gasteiger partial charge is 0.220 e. The maximum Gasteiger partial charge on any atom is 0.220 e. The van der Waals surface area contributed by atoms with Gasteiger partial charge in [-0.15, -0.1) is 0 Å². The summed E-state index contributed by atoms with van der Waals surface area (Å²) in [6, 6.07) is 14.3. The number of halogens is 1. The van der Waals surface area contributed by atoms with E-state index in [-0.39, 0.29) is 24.5 Å². The van der Waals surface area contributed by atoms with Crippen molar-refractivity contribution in [1.29, 1.82) is 0 Å². The van der Waals surface area contributed by atoms with Gasteiger partial charge < -0.3 is 10.1 Å². The van der Waals surface area contributed by atoms with Crippen LogP contribution >= 0.6 is 11.6 Å². The summed E-state index contributed by atoms with van der Waals surface area (Å²) in [5.74, 6) is 0.474. The van der Waals surface area contributed by atoms with Crippen LogP contribution in [0.15, 0.2) is 48.5 Å². The van der Waals surface area contributed by atoms with Gasteiger partial charge in [0.05, 0.1) is 12.1 Å². The van der Waals surface area contributed by atoms with Gasteiger partial charge in [-0.25, -0.2) is 0 Å². The maximum atomic E-state index is 12.0. The molecule has 0 atom stereocenters. The quantitative estimate of drug-likeness (QED) is 0.788. The number of hydrogen-bond acceptors (Lipinski definition) is 3. The van der Waals surface area contributed by atoms with E-state index in [1.165, 1.54) is 0 Å². The highest BCUT2D eigenvalue weighted by atomic mass is 35.5. The molecular weight excluding hydrogens is 314 g/mol. The van der Waals surface area contributed by atoms with Gasteiger partial charge in [0.15, 0.2) is 5.78 Å². The highest BCUT2D eigenvalue weighted by Crippen LogP contribution is 2.17. The molecule has 120 valence electrons. The van der Waals surface area contributed by atoms with Crippen molar-refractivity contribution in [3.8, 4) is 5.75 Å². The lowest BCUT2D eigenvalue weighted by Gasteiger charge is -2.07. The largest absolute Gasteiger partial charge is 0.497 e. The van der Waals surface area contributed by atoms with E-state index in [9.17, 15) is 9.59 Å². The number of nitrogens with one attached hydrogen (secondary N) is 1. The van der Waals surface area contributed by atoms with Crippen molar-refractivity contribution in [3.05, 3.63) is 64.7 Å². The van der Waals surface area contributed by atoms with Crippen molar-refractivity contribution in [2.75, 3.05) is 7.11 Å². The topological polar surface area (TPSA) is 55.4 Å². The van der Waals surface area contributed by atoms with Gasteiger partial charge in [0.1, 0.15) is 5.75 Å². The van der Waals surface area contributed by atoms with Crippen molar-refractivity contribution in [2.45, 2.75) is 19.4 Å². The molecule has 0 heterocycles. The number of ether oxygens (including phenoxy) is 1. The zero-order valence-electron chi connectivity index (χ0n) is 12.8. The van der Waals surface area contributed by atoms with Crippen LogP contribution in [0.5, 0.6) is 5.75 Å². The van der Waals surface area contributed by atoms with Gasteiger partial charge in [-0.1, -0.05) is 35.9 Å². The zero-order chi connectivity index (χ0) is 16.7. The second-order valence-corrected chi connectivity index (χ2v) is 5.44. The second-order valence-electron chi connectivity index (χ2n) is 5.03. The first-order chi connectivity index (χ1) is 11.1. The van der Waals surface area contributed by atoms with Crippen molar-refractivity contribution in [3.63, 3.8) is 0 Å². The minimum atomic E-state index is -0.166. The molecule has 0 fully saturated rings. The fourth-order valence-corrected chi connectivity index (χ4v) is 2.32. The number of rotatable bonds is 7. The van der Waals surface area contributed by atoms with E-state index in [1.54, 1.807) is 31.4 Å². The van der Waals surface area contributed by atoms with Crippen molar-refractivity contribution in [1.82, 2.24) is 5.32 Å². The van der Waals surface area contributed by atoms with Gasteiger partial charge in [0.2, 0.25) is 5.91 Å². The van der Waals surface area contributed by atoms with Crippen molar-refractivity contribution in [2.24, 2.45) is 0 Å². The molecule has 0 aliphatic carbocycles. The van der Waals surface area contributed by atoms with Crippen LogP contribution < -0.4 is 10.1 Å². The summed E-state index contributed by atoms with van der Waals surface area (Å²) >= 11 is 5.97. The van der Waals surface area contributed by atoms with Crippen molar-refractivity contribution < 1.29 is 14.3 Å². The highest BCUT2D eigenvalue weighted by Gasteiger charge is 2.11. The molecule has 0 saturated heterocycles. The van der Waals surface area contributed by atoms with Crippen LogP contribution in [0.2, 0.25) is 5.02 Å².